The first-order valence-corrected chi connectivity index (χ1v) is 10.5. The molecule has 0 aromatic heterocycles. The van der Waals surface area contributed by atoms with E-state index in [1.54, 1.807) is 19.2 Å². The number of ether oxygens (including phenoxy) is 2. The highest BCUT2D eigenvalue weighted by Gasteiger charge is 2.19. The van der Waals surface area contributed by atoms with Crippen LogP contribution in [0.4, 0.5) is 5.69 Å². The van der Waals surface area contributed by atoms with Crippen molar-refractivity contribution >= 4 is 29.3 Å². The number of hydrogen-bond donors (Lipinski definition) is 2. The van der Waals surface area contributed by atoms with Crippen LogP contribution in [0.3, 0.4) is 0 Å². The number of fused-ring (bicyclic) bond motifs is 1. The van der Waals surface area contributed by atoms with Crippen LogP contribution < -0.4 is 20.1 Å². The van der Waals surface area contributed by atoms with Gasteiger partial charge in [0.2, 0.25) is 5.91 Å². The summed E-state index contributed by atoms with van der Waals surface area (Å²) >= 11 is 1.47. The van der Waals surface area contributed by atoms with Crippen LogP contribution in [-0.2, 0) is 4.79 Å². The first-order chi connectivity index (χ1) is 13.9. The van der Waals surface area contributed by atoms with Crippen molar-refractivity contribution in [2.45, 2.75) is 31.7 Å². The van der Waals surface area contributed by atoms with Crippen LogP contribution in [0.2, 0.25) is 0 Å². The Balaban J connectivity index is 1.71. The van der Waals surface area contributed by atoms with Crippen molar-refractivity contribution in [3.05, 3.63) is 47.5 Å². The summed E-state index contributed by atoms with van der Waals surface area (Å²) in [5.74, 6) is 1.87. The van der Waals surface area contributed by atoms with Crippen LogP contribution in [0.25, 0.3) is 0 Å². The second-order valence-corrected chi connectivity index (χ2v) is 8.38. The summed E-state index contributed by atoms with van der Waals surface area (Å²) in [6.45, 7) is 6.69. The third-order valence-electron chi connectivity index (χ3n) is 4.48. The van der Waals surface area contributed by atoms with Crippen LogP contribution in [0.5, 0.6) is 11.5 Å². The van der Waals surface area contributed by atoms with Crippen LogP contribution in [0.1, 0.15) is 42.7 Å². The van der Waals surface area contributed by atoms with Crippen molar-refractivity contribution in [2.75, 3.05) is 24.8 Å². The summed E-state index contributed by atoms with van der Waals surface area (Å²) in [6.07, 6.45) is 0. The maximum Gasteiger partial charge on any atom is 0.251 e. The average molecular weight is 415 g/mol. The van der Waals surface area contributed by atoms with E-state index in [9.17, 15) is 9.59 Å². The number of anilines is 1. The molecule has 2 N–H and O–H groups in total. The summed E-state index contributed by atoms with van der Waals surface area (Å²) in [6, 6.07) is 10.8. The maximum absolute atomic E-state index is 12.7. The molecule has 29 heavy (non-hydrogen) atoms. The van der Waals surface area contributed by atoms with Crippen LogP contribution >= 0.6 is 11.8 Å². The van der Waals surface area contributed by atoms with Gasteiger partial charge in [0.25, 0.3) is 5.91 Å². The first-order valence-electron chi connectivity index (χ1n) is 9.55. The highest BCUT2D eigenvalue weighted by molar-refractivity contribution is 8.00. The summed E-state index contributed by atoms with van der Waals surface area (Å²) in [4.78, 5) is 25.3. The van der Waals surface area contributed by atoms with E-state index < -0.39 is 0 Å². The number of nitrogens with one attached hydrogen (secondary N) is 2. The van der Waals surface area contributed by atoms with Gasteiger partial charge in [-0.2, -0.15) is 0 Å². The minimum Gasteiger partial charge on any atom is -0.493 e. The normalized spacial score (nSPS) is 14.0. The van der Waals surface area contributed by atoms with Crippen molar-refractivity contribution in [1.82, 2.24) is 5.32 Å². The van der Waals surface area contributed by atoms with Gasteiger partial charge < -0.3 is 20.1 Å². The van der Waals surface area contributed by atoms with Gasteiger partial charge in [-0.05, 0) is 48.7 Å². The summed E-state index contributed by atoms with van der Waals surface area (Å²) in [5, 5.41) is 5.81. The number of thioether (sulfide) groups is 1. The van der Waals surface area contributed by atoms with E-state index in [4.69, 9.17) is 9.47 Å². The van der Waals surface area contributed by atoms with Gasteiger partial charge in [-0.15, -0.1) is 11.8 Å². The Kier molecular flexibility index (Phi) is 6.69. The van der Waals surface area contributed by atoms with Crippen LogP contribution in [0, 0.1) is 5.92 Å². The van der Waals surface area contributed by atoms with E-state index >= 15 is 0 Å². The van der Waals surface area contributed by atoms with Gasteiger partial charge in [-0.1, -0.05) is 19.9 Å². The Morgan fingerprint density at radius 2 is 1.97 bits per heavy atom. The molecule has 0 radical (unpaired) electrons. The maximum atomic E-state index is 12.7. The zero-order valence-corrected chi connectivity index (χ0v) is 17.9. The Morgan fingerprint density at radius 1 is 1.17 bits per heavy atom. The lowest BCUT2D eigenvalue weighted by Gasteiger charge is -2.19. The molecular formula is C22H26N2O4S. The van der Waals surface area contributed by atoms with Gasteiger partial charge >= 0.3 is 0 Å². The molecule has 0 spiro atoms. The van der Waals surface area contributed by atoms with Gasteiger partial charge in [0, 0.05) is 10.5 Å². The molecule has 0 bridgehead atoms. The number of benzene rings is 2. The molecule has 1 atom stereocenters. The molecule has 2 aromatic carbocycles. The Bertz CT molecular complexity index is 914. The lowest BCUT2D eigenvalue weighted by molar-refractivity contribution is -0.113. The Morgan fingerprint density at radius 3 is 2.69 bits per heavy atom. The molecule has 1 heterocycles. The lowest BCUT2D eigenvalue weighted by Crippen LogP contribution is -2.27. The first kappa shape index (κ1) is 21.0. The van der Waals surface area contributed by atoms with E-state index in [1.807, 2.05) is 31.2 Å². The number of rotatable bonds is 7. The minimum absolute atomic E-state index is 0.0553. The molecule has 0 fully saturated rings. The molecule has 1 aliphatic heterocycles. The Hall–Kier alpha value is -2.67. The number of carbonyl (C=O) groups is 2. The van der Waals surface area contributed by atoms with Gasteiger partial charge in [0.1, 0.15) is 0 Å². The fourth-order valence-electron chi connectivity index (χ4n) is 2.92. The molecule has 154 valence electrons. The topological polar surface area (TPSA) is 76.7 Å². The van der Waals surface area contributed by atoms with Crippen molar-refractivity contribution in [3.8, 4) is 11.5 Å². The summed E-state index contributed by atoms with van der Waals surface area (Å²) < 4.78 is 11.2. The molecule has 0 saturated carbocycles. The third-order valence-corrected chi connectivity index (χ3v) is 5.56. The van der Waals surface area contributed by atoms with Gasteiger partial charge in [0.05, 0.1) is 31.2 Å². The summed E-state index contributed by atoms with van der Waals surface area (Å²) in [5.41, 5.74) is 2.09. The average Bonchev–Trinajstić information content (AvgIpc) is 2.71. The quantitative estimate of drug-likeness (QED) is 0.708. The predicted molar refractivity (Wildman–Crippen MR) is 115 cm³/mol. The number of hydrogen-bond acceptors (Lipinski definition) is 5. The highest BCUT2D eigenvalue weighted by Crippen LogP contribution is 2.33. The molecule has 6 nitrogen and oxygen atoms in total. The van der Waals surface area contributed by atoms with Crippen molar-refractivity contribution in [2.24, 2.45) is 5.92 Å². The van der Waals surface area contributed by atoms with E-state index in [1.165, 1.54) is 11.8 Å². The largest absolute Gasteiger partial charge is 0.493 e. The van der Waals surface area contributed by atoms with Crippen molar-refractivity contribution in [3.63, 3.8) is 0 Å². The number of amides is 2. The molecule has 1 aliphatic rings. The molecule has 0 saturated heterocycles. The van der Waals surface area contributed by atoms with E-state index in [0.717, 1.165) is 10.5 Å². The lowest BCUT2D eigenvalue weighted by atomic mass is 10.1. The zero-order valence-electron chi connectivity index (χ0n) is 17.1. The molecule has 0 aliphatic carbocycles. The monoisotopic (exact) mass is 414 g/mol. The van der Waals surface area contributed by atoms with Gasteiger partial charge in [0.15, 0.2) is 11.5 Å². The second-order valence-electron chi connectivity index (χ2n) is 7.36. The predicted octanol–water partition coefficient (Wildman–Crippen LogP) is 4.27. The van der Waals surface area contributed by atoms with E-state index in [0.29, 0.717) is 41.0 Å². The zero-order chi connectivity index (χ0) is 21.0. The van der Waals surface area contributed by atoms with Crippen LogP contribution in [-0.4, -0.2) is 31.3 Å². The molecule has 7 heteroatoms. The fourth-order valence-corrected chi connectivity index (χ4v) is 3.71. The van der Waals surface area contributed by atoms with Crippen molar-refractivity contribution in [1.29, 1.82) is 0 Å². The number of carbonyl (C=O) groups excluding carboxylic acids is 2. The summed E-state index contributed by atoms with van der Waals surface area (Å²) in [7, 11) is 1.60. The Labute approximate surface area is 175 Å². The van der Waals surface area contributed by atoms with E-state index in [-0.39, 0.29) is 17.9 Å². The minimum atomic E-state index is -0.226. The molecule has 3 rings (SSSR count). The smallest absolute Gasteiger partial charge is 0.251 e. The molecule has 2 aromatic rings. The molecule has 1 unspecified atom stereocenters. The SMILES string of the molecule is COc1cc(C(C)NC(=O)c2ccc3c(c2)NC(=O)CS3)ccc1OCC(C)C. The van der Waals surface area contributed by atoms with Gasteiger partial charge in [-0.3, -0.25) is 9.59 Å². The highest BCUT2D eigenvalue weighted by atomic mass is 32.2. The van der Waals surface area contributed by atoms with E-state index in [2.05, 4.69) is 24.5 Å². The van der Waals surface area contributed by atoms with Crippen LogP contribution in [0.15, 0.2) is 41.3 Å². The molecular weight excluding hydrogens is 388 g/mol. The molecule has 2 amide bonds. The van der Waals surface area contributed by atoms with Crippen molar-refractivity contribution < 1.29 is 19.1 Å². The number of methoxy groups -OCH3 is 1. The van der Waals surface area contributed by atoms with Gasteiger partial charge in [-0.25, -0.2) is 0 Å². The third kappa shape index (κ3) is 5.23. The second kappa shape index (κ2) is 9.22. The fraction of sp³-hybridized carbons (Fsp3) is 0.364. The standard InChI is InChI=1S/C22H26N2O4S/c1-13(2)11-28-18-7-5-15(10-19(18)27-4)14(3)23-22(26)16-6-8-20-17(9-16)24-21(25)12-29-20/h5-10,13-14H,11-12H2,1-4H3,(H,23,26)(H,24,25).